The van der Waals surface area contributed by atoms with Crippen LogP contribution in [0.1, 0.15) is 10.7 Å². The lowest BCUT2D eigenvalue weighted by Gasteiger charge is -2.18. The lowest BCUT2D eigenvalue weighted by atomic mass is 10.2. The first-order chi connectivity index (χ1) is 10.2. The number of aryl methyl sites for hydroxylation is 1. The lowest BCUT2D eigenvalue weighted by Crippen LogP contribution is -2.18. The van der Waals surface area contributed by atoms with Gasteiger partial charge in [0.15, 0.2) is 9.84 Å². The summed E-state index contributed by atoms with van der Waals surface area (Å²) in [6.45, 7) is 2.29. The second-order valence-electron chi connectivity index (χ2n) is 4.92. The average molecular weight is 341 g/mol. The van der Waals surface area contributed by atoms with Crippen molar-refractivity contribution in [3.8, 4) is 0 Å². The minimum absolute atomic E-state index is 0.0681. The molecule has 2 rings (SSSR count). The highest BCUT2D eigenvalue weighted by atomic mass is 32.2. The standard InChI is InChI=1S/C13H15N3O4S2/c1-9-8-21-13(14-9)7-15(2)11-5-4-10(22(3,19)20)6-12(11)16(17)18/h4-6,8H,7H2,1-3H3. The quantitative estimate of drug-likeness (QED) is 0.612. The monoisotopic (exact) mass is 341 g/mol. The molecule has 0 fully saturated rings. The number of hydrogen-bond acceptors (Lipinski definition) is 7. The minimum atomic E-state index is -3.49. The van der Waals surface area contributed by atoms with Crippen LogP contribution in [0, 0.1) is 17.0 Å². The van der Waals surface area contributed by atoms with E-state index in [-0.39, 0.29) is 10.6 Å². The third kappa shape index (κ3) is 3.60. The summed E-state index contributed by atoms with van der Waals surface area (Å²) in [4.78, 5) is 16.6. The molecule has 0 amide bonds. The van der Waals surface area contributed by atoms with Gasteiger partial charge in [-0.1, -0.05) is 0 Å². The van der Waals surface area contributed by atoms with Crippen molar-refractivity contribution < 1.29 is 13.3 Å². The van der Waals surface area contributed by atoms with E-state index in [2.05, 4.69) is 4.98 Å². The first kappa shape index (κ1) is 16.4. The summed E-state index contributed by atoms with van der Waals surface area (Å²) in [5.41, 5.74) is 1.01. The van der Waals surface area contributed by atoms with Gasteiger partial charge in [0.05, 0.1) is 16.4 Å². The molecule has 0 aliphatic rings. The highest BCUT2D eigenvalue weighted by Crippen LogP contribution is 2.31. The van der Waals surface area contributed by atoms with Crippen LogP contribution in [0.25, 0.3) is 0 Å². The molecule has 118 valence electrons. The molecule has 1 aromatic carbocycles. The van der Waals surface area contributed by atoms with Crippen LogP contribution in [0.5, 0.6) is 0 Å². The zero-order chi connectivity index (χ0) is 16.5. The molecule has 7 nitrogen and oxygen atoms in total. The minimum Gasteiger partial charge on any atom is -0.362 e. The summed E-state index contributed by atoms with van der Waals surface area (Å²) in [6.07, 6.45) is 1.02. The Morgan fingerprint density at radius 1 is 1.41 bits per heavy atom. The number of nitrogens with zero attached hydrogens (tertiary/aromatic N) is 3. The van der Waals surface area contributed by atoms with Crippen molar-refractivity contribution in [1.82, 2.24) is 4.98 Å². The maximum absolute atomic E-state index is 11.5. The zero-order valence-electron chi connectivity index (χ0n) is 12.3. The first-order valence-corrected chi connectivity index (χ1v) is 9.06. The summed E-state index contributed by atoms with van der Waals surface area (Å²) in [5.74, 6) is 0. The van der Waals surface area contributed by atoms with Gasteiger partial charge in [-0.25, -0.2) is 13.4 Å². The molecule has 0 N–H and O–H groups in total. The van der Waals surface area contributed by atoms with Crippen LogP contribution in [0.3, 0.4) is 0 Å². The van der Waals surface area contributed by atoms with Crippen LogP contribution < -0.4 is 4.90 Å². The summed E-state index contributed by atoms with van der Waals surface area (Å²) in [7, 11) is -1.78. The van der Waals surface area contributed by atoms with E-state index < -0.39 is 14.8 Å². The van der Waals surface area contributed by atoms with Crippen molar-refractivity contribution in [2.75, 3.05) is 18.2 Å². The van der Waals surface area contributed by atoms with Crippen LogP contribution in [0.4, 0.5) is 11.4 Å². The Bertz CT molecular complexity index is 814. The van der Waals surface area contributed by atoms with E-state index in [0.29, 0.717) is 12.2 Å². The van der Waals surface area contributed by atoms with Gasteiger partial charge in [-0.2, -0.15) is 0 Å². The Hall–Kier alpha value is -2.00. The zero-order valence-corrected chi connectivity index (χ0v) is 13.9. The molecule has 0 saturated carbocycles. The van der Waals surface area contributed by atoms with Crippen LogP contribution >= 0.6 is 11.3 Å². The molecule has 0 aliphatic carbocycles. The number of benzene rings is 1. The van der Waals surface area contributed by atoms with Gasteiger partial charge in [0.1, 0.15) is 10.7 Å². The second kappa shape index (κ2) is 6.01. The maximum atomic E-state index is 11.5. The van der Waals surface area contributed by atoms with Crippen LogP contribution in [0.15, 0.2) is 28.5 Å². The van der Waals surface area contributed by atoms with Crippen LogP contribution in [-0.2, 0) is 16.4 Å². The SMILES string of the molecule is Cc1csc(CN(C)c2ccc(S(C)(=O)=O)cc2[N+](=O)[O-])n1. The van der Waals surface area contributed by atoms with Crippen molar-refractivity contribution in [3.05, 3.63) is 44.4 Å². The molecule has 0 saturated heterocycles. The normalized spacial score (nSPS) is 11.4. The van der Waals surface area contributed by atoms with Gasteiger partial charge in [-0.05, 0) is 19.1 Å². The van der Waals surface area contributed by atoms with Crippen molar-refractivity contribution >= 4 is 32.5 Å². The van der Waals surface area contributed by atoms with Gasteiger partial charge in [0, 0.05) is 30.4 Å². The molecule has 2 aromatic rings. The van der Waals surface area contributed by atoms with Crippen molar-refractivity contribution in [3.63, 3.8) is 0 Å². The van der Waals surface area contributed by atoms with E-state index >= 15 is 0 Å². The number of nitro benzene ring substituents is 1. The topological polar surface area (TPSA) is 93.4 Å². The summed E-state index contributed by atoms with van der Waals surface area (Å²) in [5, 5.41) is 14.0. The molecule has 0 spiro atoms. The molecule has 22 heavy (non-hydrogen) atoms. The molecule has 9 heteroatoms. The summed E-state index contributed by atoms with van der Waals surface area (Å²) >= 11 is 1.48. The van der Waals surface area contributed by atoms with E-state index in [1.807, 2.05) is 12.3 Å². The lowest BCUT2D eigenvalue weighted by molar-refractivity contribution is -0.384. The highest BCUT2D eigenvalue weighted by molar-refractivity contribution is 7.90. The van der Waals surface area contributed by atoms with E-state index in [1.54, 1.807) is 11.9 Å². The van der Waals surface area contributed by atoms with Gasteiger partial charge < -0.3 is 4.90 Å². The number of aromatic nitrogens is 1. The molecule has 0 bridgehead atoms. The number of hydrogen-bond donors (Lipinski definition) is 0. The molecule has 1 aromatic heterocycles. The van der Waals surface area contributed by atoms with E-state index in [9.17, 15) is 18.5 Å². The Morgan fingerprint density at radius 3 is 2.59 bits per heavy atom. The molecular weight excluding hydrogens is 326 g/mol. The Labute approximate surface area is 132 Å². The largest absolute Gasteiger partial charge is 0.362 e. The van der Waals surface area contributed by atoms with E-state index in [1.165, 1.54) is 23.5 Å². The first-order valence-electron chi connectivity index (χ1n) is 6.29. The summed E-state index contributed by atoms with van der Waals surface area (Å²) < 4.78 is 23.1. The van der Waals surface area contributed by atoms with Crippen molar-refractivity contribution in [2.45, 2.75) is 18.4 Å². The smallest absolute Gasteiger partial charge is 0.293 e. The third-order valence-electron chi connectivity index (χ3n) is 3.02. The fourth-order valence-corrected chi connectivity index (χ4v) is 3.43. The van der Waals surface area contributed by atoms with Gasteiger partial charge in [0.25, 0.3) is 5.69 Å². The number of thiazole rings is 1. The number of anilines is 1. The predicted molar refractivity (Wildman–Crippen MR) is 85.2 cm³/mol. The fraction of sp³-hybridized carbons (Fsp3) is 0.308. The van der Waals surface area contributed by atoms with Gasteiger partial charge >= 0.3 is 0 Å². The number of nitro groups is 1. The molecule has 0 aliphatic heterocycles. The van der Waals surface area contributed by atoms with Gasteiger partial charge in [-0.3, -0.25) is 10.1 Å². The molecule has 0 radical (unpaired) electrons. The molecule has 0 unspecified atom stereocenters. The second-order valence-corrected chi connectivity index (χ2v) is 7.88. The maximum Gasteiger partial charge on any atom is 0.293 e. The Morgan fingerprint density at radius 2 is 2.09 bits per heavy atom. The summed E-state index contributed by atoms with van der Waals surface area (Å²) in [6, 6.07) is 3.92. The third-order valence-corrected chi connectivity index (χ3v) is 5.08. The van der Waals surface area contributed by atoms with E-state index in [4.69, 9.17) is 0 Å². The number of rotatable bonds is 5. The Kier molecular flexibility index (Phi) is 4.47. The molecular formula is C13H15N3O4S2. The van der Waals surface area contributed by atoms with Crippen LogP contribution in [0.2, 0.25) is 0 Å². The molecule has 0 atom stereocenters. The number of sulfone groups is 1. The van der Waals surface area contributed by atoms with Gasteiger partial charge in [-0.15, -0.1) is 11.3 Å². The Balaban J connectivity index is 2.39. The molecule has 1 heterocycles. The average Bonchev–Trinajstić information content (AvgIpc) is 2.82. The predicted octanol–water partition coefficient (Wildman–Crippen LogP) is 2.40. The highest BCUT2D eigenvalue weighted by Gasteiger charge is 2.21. The van der Waals surface area contributed by atoms with Crippen molar-refractivity contribution in [1.29, 1.82) is 0 Å². The van der Waals surface area contributed by atoms with Crippen LogP contribution in [-0.4, -0.2) is 31.6 Å². The van der Waals surface area contributed by atoms with E-state index in [0.717, 1.165) is 23.0 Å². The van der Waals surface area contributed by atoms with Crippen molar-refractivity contribution in [2.24, 2.45) is 0 Å². The fourth-order valence-electron chi connectivity index (χ4n) is 1.97. The van der Waals surface area contributed by atoms with Gasteiger partial charge in [0.2, 0.25) is 0 Å².